The largest absolute Gasteiger partial charge is 0.396 e. The fourth-order valence-corrected chi connectivity index (χ4v) is 1.66. The van der Waals surface area contributed by atoms with Crippen molar-refractivity contribution in [2.24, 2.45) is 5.92 Å². The molecule has 0 saturated carbocycles. The van der Waals surface area contributed by atoms with E-state index in [0.717, 1.165) is 25.9 Å². The summed E-state index contributed by atoms with van der Waals surface area (Å²) in [5.41, 5.74) is 0. The highest BCUT2D eigenvalue weighted by molar-refractivity contribution is 5.84. The van der Waals surface area contributed by atoms with Gasteiger partial charge in [0.15, 0.2) is 5.78 Å². The van der Waals surface area contributed by atoms with Crippen LogP contribution in [0.4, 0.5) is 0 Å². The molecule has 0 aromatic heterocycles. The highest BCUT2D eigenvalue weighted by atomic mass is 16.3. The summed E-state index contributed by atoms with van der Waals surface area (Å²) in [6.45, 7) is 7.35. The summed E-state index contributed by atoms with van der Waals surface area (Å²) in [5, 5.41) is 8.90. The van der Waals surface area contributed by atoms with Gasteiger partial charge in [-0.1, -0.05) is 0 Å². The molecule has 2 radical (unpaired) electrons. The van der Waals surface area contributed by atoms with Gasteiger partial charge in [0, 0.05) is 20.1 Å². The Labute approximate surface area is 73.4 Å². The maximum Gasteiger partial charge on any atom is 0.151 e. The number of nitrogens with zero attached hydrogens (tertiary/aromatic N) is 1. The normalized spacial score (nSPS) is 25.7. The second-order valence-electron chi connectivity index (χ2n) is 3.39. The maximum atomic E-state index is 10.6. The van der Waals surface area contributed by atoms with Crippen molar-refractivity contribution >= 4 is 5.78 Å². The molecule has 0 aromatic carbocycles. The van der Waals surface area contributed by atoms with Crippen LogP contribution in [0.1, 0.15) is 12.8 Å². The Kier molecular flexibility index (Phi) is 3.69. The van der Waals surface area contributed by atoms with Crippen molar-refractivity contribution in [3.05, 3.63) is 6.92 Å². The first-order chi connectivity index (χ1) is 5.72. The van der Waals surface area contributed by atoms with Gasteiger partial charge >= 0.3 is 0 Å². The van der Waals surface area contributed by atoms with Gasteiger partial charge in [0.1, 0.15) is 0 Å². The van der Waals surface area contributed by atoms with Gasteiger partial charge in [-0.15, -0.1) is 0 Å². The van der Waals surface area contributed by atoms with Gasteiger partial charge in [-0.05, 0) is 25.3 Å². The number of aliphatic hydroxyl groups is 1. The van der Waals surface area contributed by atoms with Gasteiger partial charge in [-0.3, -0.25) is 9.69 Å². The van der Waals surface area contributed by atoms with E-state index in [1.54, 1.807) is 0 Å². The minimum Gasteiger partial charge on any atom is -0.396 e. The third-order valence-electron chi connectivity index (χ3n) is 2.24. The van der Waals surface area contributed by atoms with Crippen LogP contribution < -0.4 is 0 Å². The number of Topliss-reactive ketones (excluding diaryl/α,β-unsaturated/α-hetero) is 1. The number of piperidine rings is 1. The van der Waals surface area contributed by atoms with E-state index >= 15 is 0 Å². The Bertz CT molecular complexity index is 159. The molecule has 1 aliphatic rings. The van der Waals surface area contributed by atoms with E-state index in [-0.39, 0.29) is 12.4 Å². The molecular formula is C9H15NO2. The van der Waals surface area contributed by atoms with Gasteiger partial charge in [-0.25, -0.2) is 0 Å². The predicted molar refractivity (Wildman–Crippen MR) is 45.6 cm³/mol. The number of likely N-dealkylation sites (tertiary alicyclic amines) is 1. The number of carbonyl (C=O) groups is 1. The number of rotatable bonds is 3. The minimum absolute atomic E-state index is 0.218. The van der Waals surface area contributed by atoms with Crippen molar-refractivity contribution in [3.8, 4) is 0 Å². The number of hydrogen-bond acceptors (Lipinski definition) is 3. The first kappa shape index (κ1) is 9.68. The SMILES string of the molecule is [CH]C(=O)CN1CCCC(CO)C1. The van der Waals surface area contributed by atoms with Gasteiger partial charge in [0.25, 0.3) is 0 Å². The third-order valence-corrected chi connectivity index (χ3v) is 2.24. The average Bonchev–Trinajstić information content (AvgIpc) is 2.03. The fraction of sp³-hybridized carbons (Fsp3) is 0.778. The van der Waals surface area contributed by atoms with Crippen LogP contribution in [0, 0.1) is 12.8 Å². The highest BCUT2D eigenvalue weighted by Crippen LogP contribution is 2.14. The van der Waals surface area contributed by atoms with E-state index in [9.17, 15) is 4.79 Å². The molecule has 1 N–H and O–H groups in total. The Balaban J connectivity index is 2.30. The predicted octanol–water partition coefficient (Wildman–Crippen LogP) is -0.0291. The van der Waals surface area contributed by atoms with E-state index in [1.807, 2.05) is 4.90 Å². The second kappa shape index (κ2) is 4.58. The molecule has 0 amide bonds. The highest BCUT2D eigenvalue weighted by Gasteiger charge is 2.19. The lowest BCUT2D eigenvalue weighted by Crippen LogP contribution is -2.39. The van der Waals surface area contributed by atoms with Crippen molar-refractivity contribution in [3.63, 3.8) is 0 Å². The smallest absolute Gasteiger partial charge is 0.151 e. The van der Waals surface area contributed by atoms with Gasteiger partial charge in [0.05, 0.1) is 6.54 Å². The van der Waals surface area contributed by atoms with Gasteiger partial charge in [0.2, 0.25) is 0 Å². The molecule has 3 heteroatoms. The zero-order valence-corrected chi connectivity index (χ0v) is 7.20. The number of hydrogen-bond donors (Lipinski definition) is 1. The summed E-state index contributed by atoms with van der Waals surface area (Å²) >= 11 is 0. The Morgan fingerprint density at radius 1 is 1.67 bits per heavy atom. The van der Waals surface area contributed by atoms with Gasteiger partial charge in [-0.2, -0.15) is 0 Å². The lowest BCUT2D eigenvalue weighted by molar-refractivity contribution is -0.116. The Hall–Kier alpha value is -0.410. The summed E-state index contributed by atoms with van der Waals surface area (Å²) < 4.78 is 0. The van der Waals surface area contributed by atoms with Crippen LogP contribution in [-0.4, -0.2) is 42.0 Å². The lowest BCUT2D eigenvalue weighted by atomic mass is 9.99. The molecule has 1 aliphatic heterocycles. The third kappa shape index (κ3) is 2.91. The first-order valence-electron chi connectivity index (χ1n) is 4.34. The maximum absolute atomic E-state index is 10.6. The number of ketones is 1. The van der Waals surface area contributed by atoms with Crippen LogP contribution in [0.15, 0.2) is 0 Å². The van der Waals surface area contributed by atoms with E-state index in [1.165, 1.54) is 0 Å². The average molecular weight is 169 g/mol. The summed E-state index contributed by atoms with van der Waals surface area (Å²) in [4.78, 5) is 12.6. The van der Waals surface area contributed by atoms with Crippen LogP contribution in [0.3, 0.4) is 0 Å². The molecule has 68 valence electrons. The molecule has 1 heterocycles. The molecule has 1 fully saturated rings. The van der Waals surface area contributed by atoms with Crippen molar-refractivity contribution in [1.29, 1.82) is 0 Å². The fourth-order valence-electron chi connectivity index (χ4n) is 1.66. The molecule has 1 saturated heterocycles. The van der Waals surface area contributed by atoms with E-state index in [2.05, 4.69) is 0 Å². The zero-order valence-electron chi connectivity index (χ0n) is 7.20. The molecule has 0 spiro atoms. The number of aliphatic hydroxyl groups excluding tert-OH is 1. The zero-order chi connectivity index (χ0) is 8.97. The monoisotopic (exact) mass is 169 g/mol. The van der Waals surface area contributed by atoms with Crippen molar-refractivity contribution in [2.75, 3.05) is 26.2 Å². The molecular weight excluding hydrogens is 154 g/mol. The molecule has 3 nitrogen and oxygen atoms in total. The summed E-state index contributed by atoms with van der Waals surface area (Å²) in [6.07, 6.45) is 2.12. The van der Waals surface area contributed by atoms with E-state index in [0.29, 0.717) is 12.5 Å². The van der Waals surface area contributed by atoms with Gasteiger partial charge < -0.3 is 5.11 Å². The minimum atomic E-state index is -0.284. The molecule has 0 bridgehead atoms. The van der Waals surface area contributed by atoms with E-state index < -0.39 is 0 Å². The summed E-state index contributed by atoms with van der Waals surface area (Å²) in [7, 11) is 0. The molecule has 0 aliphatic carbocycles. The van der Waals surface area contributed by atoms with Crippen LogP contribution in [0.5, 0.6) is 0 Å². The Morgan fingerprint density at radius 3 is 3.00 bits per heavy atom. The van der Waals surface area contributed by atoms with Crippen LogP contribution in [0.25, 0.3) is 0 Å². The van der Waals surface area contributed by atoms with Crippen molar-refractivity contribution in [2.45, 2.75) is 12.8 Å². The topological polar surface area (TPSA) is 40.5 Å². The molecule has 0 aromatic rings. The quantitative estimate of drug-likeness (QED) is 0.645. The van der Waals surface area contributed by atoms with Crippen LogP contribution in [-0.2, 0) is 4.79 Å². The lowest BCUT2D eigenvalue weighted by Gasteiger charge is -2.30. The second-order valence-corrected chi connectivity index (χ2v) is 3.39. The van der Waals surface area contributed by atoms with Crippen LogP contribution in [0.2, 0.25) is 0 Å². The summed E-state index contributed by atoms with van der Waals surface area (Å²) in [5.74, 6) is 0.0479. The molecule has 1 unspecified atom stereocenters. The standard InChI is InChI=1S/C9H15NO2/c1-8(12)5-10-4-2-3-9(6-10)7-11/h1,9,11H,2-7H2. The van der Waals surface area contributed by atoms with E-state index in [4.69, 9.17) is 12.0 Å². The summed E-state index contributed by atoms with van der Waals surface area (Å²) in [6, 6.07) is 0. The molecule has 12 heavy (non-hydrogen) atoms. The Morgan fingerprint density at radius 2 is 2.42 bits per heavy atom. The van der Waals surface area contributed by atoms with Crippen molar-refractivity contribution in [1.82, 2.24) is 4.90 Å². The molecule has 1 rings (SSSR count). The molecule has 1 atom stereocenters. The number of carbonyl (C=O) groups excluding carboxylic acids is 1. The van der Waals surface area contributed by atoms with Crippen LogP contribution >= 0.6 is 0 Å². The first-order valence-corrected chi connectivity index (χ1v) is 4.34. The van der Waals surface area contributed by atoms with Crippen molar-refractivity contribution < 1.29 is 9.90 Å².